The molecule has 31 heavy (non-hydrogen) atoms. The molecule has 1 aliphatic carbocycles. The molecule has 6 heteroatoms. The van der Waals surface area contributed by atoms with Crippen LogP contribution in [0.4, 0.5) is 0 Å². The zero-order valence-corrected chi connectivity index (χ0v) is 20.7. The monoisotopic (exact) mass is 492 g/mol. The first kappa shape index (κ1) is 23.8. The molecule has 0 bridgehead atoms. The third kappa shape index (κ3) is 5.69. The van der Waals surface area contributed by atoms with Crippen LogP contribution < -0.4 is 13.7 Å². The Bertz CT molecular complexity index is 918. The number of carboxylic acid groups (broad SMARTS) is 1. The summed E-state index contributed by atoms with van der Waals surface area (Å²) in [6, 6.07) is 11.6. The average Bonchev–Trinajstić information content (AvgIpc) is 2.72. The molecule has 2 aromatic carbocycles. The molecule has 0 radical (unpaired) electrons. The normalized spacial score (nSPS) is 16.5. The second-order valence-electron chi connectivity index (χ2n) is 9.21. The van der Waals surface area contributed by atoms with Crippen molar-refractivity contribution in [1.29, 1.82) is 0 Å². The fraction of sp³-hybridized carbons (Fsp3) is 0.480. The molecule has 0 saturated carbocycles. The molecule has 0 fully saturated rings. The molecule has 2 aromatic rings. The molecule has 0 amide bonds. The number of carbonyl (C=O) groups is 1. The van der Waals surface area contributed by atoms with Crippen molar-refractivity contribution < 1.29 is 24.1 Å². The van der Waals surface area contributed by atoms with Gasteiger partial charge < -0.3 is 0 Å². The second kappa shape index (κ2) is 9.74. The van der Waals surface area contributed by atoms with Crippen LogP contribution in [0.5, 0.6) is 5.75 Å². The SMILES string of the molecule is COCCOCOc1cc2c(cc1[Se]c1ccc(C(=O)O)cc1)C(C)(C)CCC2(C)C. The van der Waals surface area contributed by atoms with E-state index in [4.69, 9.17) is 19.3 Å². The molecule has 0 spiro atoms. The van der Waals surface area contributed by atoms with Crippen LogP contribution in [0.1, 0.15) is 62.0 Å². The van der Waals surface area contributed by atoms with Gasteiger partial charge in [0.2, 0.25) is 0 Å². The van der Waals surface area contributed by atoms with Crippen LogP contribution >= 0.6 is 0 Å². The van der Waals surface area contributed by atoms with Crippen molar-refractivity contribution in [2.75, 3.05) is 27.1 Å². The number of ether oxygens (including phenoxy) is 3. The molecular formula is C25H32O5Se. The van der Waals surface area contributed by atoms with E-state index >= 15 is 0 Å². The third-order valence-corrected chi connectivity index (χ3v) is 8.17. The van der Waals surface area contributed by atoms with Crippen LogP contribution in [0.25, 0.3) is 0 Å². The van der Waals surface area contributed by atoms with Crippen LogP contribution in [-0.4, -0.2) is 53.1 Å². The van der Waals surface area contributed by atoms with Gasteiger partial charge in [-0.05, 0) is 0 Å². The maximum absolute atomic E-state index is 11.2. The fourth-order valence-corrected chi connectivity index (χ4v) is 5.80. The van der Waals surface area contributed by atoms with Gasteiger partial charge in [0.15, 0.2) is 0 Å². The van der Waals surface area contributed by atoms with E-state index in [1.54, 1.807) is 19.2 Å². The van der Waals surface area contributed by atoms with Gasteiger partial charge in [0.25, 0.3) is 0 Å². The zero-order chi connectivity index (χ0) is 22.6. The maximum atomic E-state index is 11.2. The molecule has 0 heterocycles. The van der Waals surface area contributed by atoms with Crippen LogP contribution in [0, 0.1) is 0 Å². The summed E-state index contributed by atoms with van der Waals surface area (Å²) in [4.78, 5) is 11.2. The first-order valence-corrected chi connectivity index (χ1v) is 12.2. The van der Waals surface area contributed by atoms with Crippen molar-refractivity contribution in [3.05, 3.63) is 53.1 Å². The van der Waals surface area contributed by atoms with Gasteiger partial charge in [0.05, 0.1) is 0 Å². The number of methoxy groups -OCH3 is 1. The van der Waals surface area contributed by atoms with Gasteiger partial charge in [0.1, 0.15) is 0 Å². The van der Waals surface area contributed by atoms with E-state index in [1.807, 2.05) is 12.1 Å². The molecule has 0 aliphatic heterocycles. The van der Waals surface area contributed by atoms with Gasteiger partial charge in [-0.1, -0.05) is 0 Å². The van der Waals surface area contributed by atoms with Crippen LogP contribution in [0.15, 0.2) is 36.4 Å². The Labute approximate surface area is 191 Å². The number of rotatable bonds is 9. The number of fused-ring (bicyclic) bond motifs is 1. The quantitative estimate of drug-likeness (QED) is 0.331. The number of hydrogen-bond acceptors (Lipinski definition) is 4. The topological polar surface area (TPSA) is 65.0 Å². The zero-order valence-electron chi connectivity index (χ0n) is 19.0. The number of hydrogen-bond donors (Lipinski definition) is 1. The van der Waals surface area contributed by atoms with E-state index in [2.05, 4.69) is 39.8 Å². The van der Waals surface area contributed by atoms with Gasteiger partial charge in [0, 0.05) is 0 Å². The Morgan fingerprint density at radius 1 is 1.00 bits per heavy atom. The van der Waals surface area contributed by atoms with Gasteiger partial charge >= 0.3 is 191 Å². The molecule has 0 saturated heterocycles. The van der Waals surface area contributed by atoms with Crippen molar-refractivity contribution in [2.24, 2.45) is 0 Å². The molecule has 168 valence electrons. The Balaban J connectivity index is 1.95. The standard InChI is InChI=1S/C25H32O5Se/c1-24(2)10-11-25(3,4)20-15-22(31-18-8-6-17(7-9-18)23(26)27)21(14-19(20)24)30-16-29-13-12-28-5/h6-9,14-15H,10-13,16H2,1-5H3,(H,26,27). The Hall–Kier alpha value is -1.85. The summed E-state index contributed by atoms with van der Waals surface area (Å²) in [5.74, 6) is -0.0571. The summed E-state index contributed by atoms with van der Waals surface area (Å²) < 4.78 is 18.9. The average molecular weight is 491 g/mol. The molecule has 1 aliphatic rings. The summed E-state index contributed by atoms with van der Waals surface area (Å²) in [5, 5.41) is 9.17. The molecule has 0 aromatic heterocycles. The molecular weight excluding hydrogens is 459 g/mol. The molecule has 0 atom stereocenters. The van der Waals surface area contributed by atoms with E-state index in [9.17, 15) is 4.79 Å². The Kier molecular flexibility index (Phi) is 7.48. The molecule has 3 rings (SSSR count). The van der Waals surface area contributed by atoms with Gasteiger partial charge in [-0.15, -0.1) is 0 Å². The molecule has 1 N–H and O–H groups in total. The molecule has 5 nitrogen and oxygen atoms in total. The predicted octanol–water partition coefficient (Wildman–Crippen LogP) is 3.39. The third-order valence-electron chi connectivity index (χ3n) is 5.98. The van der Waals surface area contributed by atoms with Crippen molar-refractivity contribution >= 4 is 29.8 Å². The second-order valence-corrected chi connectivity index (χ2v) is 11.5. The molecule has 0 unspecified atom stereocenters. The van der Waals surface area contributed by atoms with Crippen LogP contribution in [0.2, 0.25) is 0 Å². The summed E-state index contributed by atoms with van der Waals surface area (Å²) in [6.45, 7) is 10.4. The van der Waals surface area contributed by atoms with E-state index in [1.165, 1.54) is 11.1 Å². The van der Waals surface area contributed by atoms with E-state index < -0.39 is 5.97 Å². The Morgan fingerprint density at radius 2 is 1.61 bits per heavy atom. The summed E-state index contributed by atoms with van der Waals surface area (Å²) in [6.07, 6.45) is 2.28. The van der Waals surface area contributed by atoms with E-state index in [0.29, 0.717) is 18.8 Å². The van der Waals surface area contributed by atoms with Gasteiger partial charge in [-0.3, -0.25) is 0 Å². The Morgan fingerprint density at radius 3 is 2.19 bits per heavy atom. The number of aromatic carboxylic acids is 1. The summed E-state index contributed by atoms with van der Waals surface area (Å²) >= 11 is -0.0222. The van der Waals surface area contributed by atoms with Gasteiger partial charge in [-0.25, -0.2) is 0 Å². The minimum atomic E-state index is -0.908. The van der Waals surface area contributed by atoms with Crippen molar-refractivity contribution in [3.63, 3.8) is 0 Å². The first-order valence-electron chi connectivity index (χ1n) is 10.5. The van der Waals surface area contributed by atoms with Crippen LogP contribution in [0.3, 0.4) is 0 Å². The van der Waals surface area contributed by atoms with Crippen LogP contribution in [-0.2, 0) is 20.3 Å². The summed E-state index contributed by atoms with van der Waals surface area (Å²) in [5.41, 5.74) is 3.23. The first-order chi connectivity index (χ1) is 14.6. The number of benzene rings is 2. The van der Waals surface area contributed by atoms with Gasteiger partial charge in [-0.2, -0.15) is 0 Å². The minimum absolute atomic E-state index is 0.0222. The predicted molar refractivity (Wildman–Crippen MR) is 123 cm³/mol. The van der Waals surface area contributed by atoms with Crippen molar-refractivity contribution in [2.45, 2.75) is 51.4 Å². The van der Waals surface area contributed by atoms with E-state index in [0.717, 1.165) is 27.5 Å². The van der Waals surface area contributed by atoms with E-state index in [-0.39, 0.29) is 32.6 Å². The van der Waals surface area contributed by atoms with Crippen molar-refractivity contribution in [3.8, 4) is 5.75 Å². The fourth-order valence-electron chi connectivity index (χ4n) is 3.87. The van der Waals surface area contributed by atoms with Crippen molar-refractivity contribution in [1.82, 2.24) is 0 Å². The summed E-state index contributed by atoms with van der Waals surface area (Å²) in [7, 11) is 1.65. The number of carboxylic acids is 1.